The number of hydrogen-bond acceptors (Lipinski definition) is 4. The Hall–Kier alpha value is -3.52. The molecule has 32 heavy (non-hydrogen) atoms. The van der Waals surface area contributed by atoms with Crippen molar-refractivity contribution in [3.05, 3.63) is 96.8 Å². The van der Waals surface area contributed by atoms with Crippen molar-refractivity contribution >= 4 is 33.1 Å². The summed E-state index contributed by atoms with van der Waals surface area (Å²) in [6, 6.07) is 11.2. The minimum Gasteiger partial charge on any atom is -0.324 e. The molecule has 0 atom stereocenters. The highest BCUT2D eigenvalue weighted by atomic mass is 32.1. The molecule has 0 unspecified atom stereocenters. The first-order chi connectivity index (χ1) is 15.2. The zero-order valence-corrected chi connectivity index (χ0v) is 18.8. The maximum Gasteiger partial charge on any atom is 0.332 e. The van der Waals surface area contributed by atoms with E-state index in [9.17, 15) is 18.8 Å². The van der Waals surface area contributed by atoms with Crippen molar-refractivity contribution in [3.8, 4) is 0 Å². The standard InChI is InChI=1S/C24H22FN3O3S/c1-14-10-15(2)21(16(3)11-14)26-20(29)13-27-19-8-9-32-22(19)23(30)28(24(27)31)12-17-4-6-18(25)7-5-17/h4-11H,12-13H2,1-3H3,(H,26,29). The second kappa shape index (κ2) is 8.55. The first-order valence-electron chi connectivity index (χ1n) is 10.1. The summed E-state index contributed by atoms with van der Waals surface area (Å²) in [4.78, 5) is 39.0. The highest BCUT2D eigenvalue weighted by Gasteiger charge is 2.17. The van der Waals surface area contributed by atoms with Crippen LogP contribution in [-0.4, -0.2) is 15.0 Å². The number of carbonyl (C=O) groups excluding carboxylic acids is 1. The summed E-state index contributed by atoms with van der Waals surface area (Å²) >= 11 is 1.22. The van der Waals surface area contributed by atoms with E-state index in [2.05, 4.69) is 5.32 Å². The number of fused-ring (bicyclic) bond motifs is 1. The fourth-order valence-electron chi connectivity index (χ4n) is 3.90. The summed E-state index contributed by atoms with van der Waals surface area (Å²) in [5, 5.41) is 4.62. The van der Waals surface area contributed by atoms with Crippen LogP contribution < -0.4 is 16.6 Å². The summed E-state index contributed by atoms with van der Waals surface area (Å²) in [6.45, 7) is 5.58. The average Bonchev–Trinajstić information content (AvgIpc) is 3.22. The molecule has 2 aromatic heterocycles. The van der Waals surface area contributed by atoms with Crippen molar-refractivity contribution in [2.24, 2.45) is 0 Å². The smallest absolute Gasteiger partial charge is 0.324 e. The Morgan fingerprint density at radius 1 is 1.00 bits per heavy atom. The molecule has 0 spiro atoms. The molecule has 1 amide bonds. The van der Waals surface area contributed by atoms with Gasteiger partial charge in [0.1, 0.15) is 17.1 Å². The van der Waals surface area contributed by atoms with Crippen LogP contribution in [0, 0.1) is 26.6 Å². The number of anilines is 1. The van der Waals surface area contributed by atoms with E-state index in [0.717, 1.165) is 26.9 Å². The van der Waals surface area contributed by atoms with E-state index in [1.54, 1.807) is 11.4 Å². The Balaban J connectivity index is 1.72. The van der Waals surface area contributed by atoms with Gasteiger partial charge in [-0.3, -0.25) is 18.7 Å². The van der Waals surface area contributed by atoms with Crippen LogP contribution in [0.25, 0.3) is 10.2 Å². The van der Waals surface area contributed by atoms with Gasteiger partial charge < -0.3 is 5.32 Å². The zero-order chi connectivity index (χ0) is 23.0. The number of nitrogens with one attached hydrogen (secondary N) is 1. The zero-order valence-electron chi connectivity index (χ0n) is 17.9. The lowest BCUT2D eigenvalue weighted by Crippen LogP contribution is -2.41. The molecule has 4 aromatic rings. The number of halogens is 1. The molecule has 0 saturated carbocycles. The van der Waals surface area contributed by atoms with Gasteiger partial charge in [0.15, 0.2) is 0 Å². The molecular formula is C24H22FN3O3S. The molecule has 2 aromatic carbocycles. The average molecular weight is 452 g/mol. The number of amides is 1. The van der Waals surface area contributed by atoms with Gasteiger partial charge in [-0.1, -0.05) is 29.8 Å². The van der Waals surface area contributed by atoms with Crippen LogP contribution in [0.1, 0.15) is 22.3 Å². The molecule has 8 heteroatoms. The number of aromatic nitrogens is 2. The van der Waals surface area contributed by atoms with Gasteiger partial charge >= 0.3 is 5.69 Å². The summed E-state index contributed by atoms with van der Waals surface area (Å²) in [7, 11) is 0. The molecule has 164 valence electrons. The predicted octanol–water partition coefficient (Wildman–Crippen LogP) is 3.98. The quantitative estimate of drug-likeness (QED) is 0.499. The molecule has 0 saturated heterocycles. The molecule has 0 bridgehead atoms. The van der Waals surface area contributed by atoms with E-state index in [1.807, 2.05) is 32.9 Å². The lowest BCUT2D eigenvalue weighted by atomic mass is 10.1. The van der Waals surface area contributed by atoms with Crippen molar-refractivity contribution in [2.45, 2.75) is 33.9 Å². The minimum absolute atomic E-state index is 0.0103. The van der Waals surface area contributed by atoms with Crippen LogP contribution in [0.5, 0.6) is 0 Å². The second-order valence-corrected chi connectivity index (χ2v) is 8.76. The van der Waals surface area contributed by atoms with Crippen LogP contribution in [-0.2, 0) is 17.9 Å². The molecule has 0 aliphatic rings. The second-order valence-electron chi connectivity index (χ2n) is 7.84. The van der Waals surface area contributed by atoms with Crippen LogP contribution in [0.2, 0.25) is 0 Å². The molecule has 4 rings (SSSR count). The van der Waals surface area contributed by atoms with Gasteiger partial charge in [-0.05, 0) is 61.0 Å². The number of rotatable bonds is 5. The van der Waals surface area contributed by atoms with Gasteiger partial charge in [0.25, 0.3) is 5.56 Å². The van der Waals surface area contributed by atoms with E-state index >= 15 is 0 Å². The molecule has 2 heterocycles. The summed E-state index contributed by atoms with van der Waals surface area (Å²) in [5.74, 6) is -0.757. The van der Waals surface area contributed by atoms with Crippen molar-refractivity contribution < 1.29 is 9.18 Å². The Morgan fingerprint density at radius 3 is 2.31 bits per heavy atom. The lowest BCUT2D eigenvalue weighted by molar-refractivity contribution is -0.116. The van der Waals surface area contributed by atoms with Gasteiger partial charge in [-0.15, -0.1) is 11.3 Å². The largest absolute Gasteiger partial charge is 0.332 e. The van der Waals surface area contributed by atoms with Crippen molar-refractivity contribution in [3.63, 3.8) is 0 Å². The minimum atomic E-state index is -0.585. The Morgan fingerprint density at radius 2 is 1.66 bits per heavy atom. The third-order valence-corrected chi connectivity index (χ3v) is 6.23. The topological polar surface area (TPSA) is 73.1 Å². The molecule has 0 fully saturated rings. The summed E-state index contributed by atoms with van der Waals surface area (Å²) in [6.07, 6.45) is 0. The van der Waals surface area contributed by atoms with E-state index in [0.29, 0.717) is 15.8 Å². The van der Waals surface area contributed by atoms with Crippen LogP contribution in [0.3, 0.4) is 0 Å². The van der Waals surface area contributed by atoms with Crippen molar-refractivity contribution in [2.75, 3.05) is 5.32 Å². The van der Waals surface area contributed by atoms with Gasteiger partial charge in [0, 0.05) is 5.69 Å². The number of benzene rings is 2. The number of carbonyl (C=O) groups is 1. The number of aryl methyl sites for hydroxylation is 3. The molecular weight excluding hydrogens is 429 g/mol. The molecule has 0 aliphatic carbocycles. The molecule has 0 radical (unpaired) electrons. The SMILES string of the molecule is Cc1cc(C)c(NC(=O)Cn2c(=O)n(Cc3ccc(F)cc3)c(=O)c3sccc32)c(C)c1. The van der Waals surface area contributed by atoms with Crippen molar-refractivity contribution in [1.29, 1.82) is 0 Å². The normalized spacial score (nSPS) is 11.1. The van der Waals surface area contributed by atoms with Crippen LogP contribution >= 0.6 is 11.3 Å². The number of nitrogens with zero attached hydrogens (tertiary/aromatic N) is 2. The Bertz CT molecular complexity index is 1430. The lowest BCUT2D eigenvalue weighted by Gasteiger charge is -2.15. The third-order valence-electron chi connectivity index (χ3n) is 5.33. The van der Waals surface area contributed by atoms with Gasteiger partial charge in [0.05, 0.1) is 12.1 Å². The maximum atomic E-state index is 13.2. The van der Waals surface area contributed by atoms with Crippen molar-refractivity contribution in [1.82, 2.24) is 9.13 Å². The fraction of sp³-hybridized carbons (Fsp3) is 0.208. The first kappa shape index (κ1) is 21.7. The Labute approximate surface area is 187 Å². The first-order valence-corrected chi connectivity index (χ1v) is 11.0. The highest BCUT2D eigenvalue weighted by Crippen LogP contribution is 2.22. The van der Waals surface area contributed by atoms with E-state index in [4.69, 9.17) is 0 Å². The maximum absolute atomic E-state index is 13.2. The number of thiophene rings is 1. The van der Waals surface area contributed by atoms with Crippen LogP contribution in [0.15, 0.2) is 57.4 Å². The Kier molecular flexibility index (Phi) is 5.80. The van der Waals surface area contributed by atoms with Gasteiger partial charge in [-0.2, -0.15) is 0 Å². The predicted molar refractivity (Wildman–Crippen MR) is 125 cm³/mol. The van der Waals surface area contributed by atoms with E-state index < -0.39 is 17.1 Å². The number of hydrogen-bond donors (Lipinski definition) is 1. The monoisotopic (exact) mass is 451 g/mol. The third kappa shape index (κ3) is 4.13. The van der Waals surface area contributed by atoms with E-state index in [1.165, 1.54) is 40.2 Å². The van der Waals surface area contributed by atoms with Gasteiger partial charge in [-0.25, -0.2) is 9.18 Å². The summed E-state index contributed by atoms with van der Waals surface area (Å²) < 4.78 is 16.0. The summed E-state index contributed by atoms with van der Waals surface area (Å²) in [5.41, 5.74) is 3.72. The van der Waals surface area contributed by atoms with Gasteiger partial charge in [0.2, 0.25) is 5.91 Å². The molecule has 0 aliphatic heterocycles. The molecule has 6 nitrogen and oxygen atoms in total. The van der Waals surface area contributed by atoms with E-state index in [-0.39, 0.29) is 19.0 Å². The fourth-order valence-corrected chi connectivity index (χ4v) is 4.74. The molecule has 1 N–H and O–H groups in total. The van der Waals surface area contributed by atoms with Crippen LogP contribution in [0.4, 0.5) is 10.1 Å². The highest BCUT2D eigenvalue weighted by molar-refractivity contribution is 7.17.